The first-order valence-electron chi connectivity index (χ1n) is 14.7. The Labute approximate surface area is 243 Å². The molecule has 2 aromatic rings. The van der Waals surface area contributed by atoms with E-state index in [2.05, 4.69) is 0 Å². The number of Topliss-reactive ketones (excluding diaryl/α,β-unsaturated/α-hetero) is 1. The highest BCUT2D eigenvalue weighted by atomic mass is 32.2. The Morgan fingerprint density at radius 2 is 1.83 bits per heavy atom. The van der Waals surface area contributed by atoms with Crippen LogP contribution in [0.5, 0.6) is 0 Å². The number of nitrogens with zero attached hydrogens (tertiary/aromatic N) is 1. The van der Waals surface area contributed by atoms with Crippen LogP contribution >= 0.6 is 0 Å². The maximum atomic E-state index is 14.9. The first kappa shape index (κ1) is 27.9. The molecule has 2 fully saturated rings. The van der Waals surface area contributed by atoms with E-state index < -0.39 is 74.6 Å². The van der Waals surface area contributed by atoms with Gasteiger partial charge in [0.15, 0.2) is 9.84 Å². The van der Waals surface area contributed by atoms with Crippen LogP contribution in [-0.2, 0) is 36.3 Å². The zero-order chi connectivity index (χ0) is 32.5. The van der Waals surface area contributed by atoms with Crippen molar-refractivity contribution in [2.75, 3.05) is 19.6 Å². The molecule has 42 heavy (non-hydrogen) atoms. The minimum Gasteiger partial charge on any atom is -0.395 e. The van der Waals surface area contributed by atoms with Gasteiger partial charge in [0.2, 0.25) is 11.6 Å². The van der Waals surface area contributed by atoms with Gasteiger partial charge in [-0.2, -0.15) is 13.2 Å². The van der Waals surface area contributed by atoms with E-state index in [4.69, 9.17) is 2.74 Å². The zero-order valence-electron chi connectivity index (χ0n) is 24.8. The number of rotatable bonds is 8. The van der Waals surface area contributed by atoms with Gasteiger partial charge in [-0.25, -0.2) is 17.2 Å². The van der Waals surface area contributed by atoms with Crippen LogP contribution in [0.3, 0.4) is 0 Å². The molecule has 6 nitrogen and oxygen atoms in total. The molecule has 1 aliphatic heterocycles. The first-order chi connectivity index (χ1) is 20.3. The molecule has 12 heteroatoms. The summed E-state index contributed by atoms with van der Waals surface area (Å²) in [6.07, 6.45) is -4.82. The van der Waals surface area contributed by atoms with Crippen LogP contribution in [0.25, 0.3) is 0 Å². The number of hydrogen-bond donors (Lipinski definition) is 1. The molecule has 228 valence electrons. The van der Waals surface area contributed by atoms with Gasteiger partial charge >= 0.3 is 6.18 Å². The number of alkyl halides is 4. The molecule has 5 rings (SSSR count). The van der Waals surface area contributed by atoms with Crippen LogP contribution in [0.15, 0.2) is 47.4 Å². The number of carbonyl (C=O) groups is 2. The molecular weight excluding hydrogens is 581 g/mol. The van der Waals surface area contributed by atoms with Crippen LogP contribution in [0.2, 0.25) is 0 Å². The standard InChI is InChI=1S/C30H32F5NO5S/c1-28(32,30(33,34)35)21-3-9-25-18(14-21)2-8-24-19(15-26(38)20-16-27(39)36(17-20)12-13-37)10-11-29(24,25)42(40,41)23-6-4-22(31)5-7-23/h3-7,9,14,19-20,24,37H,2,8,10-13,15-17H2,1H3/t19-,20-,24-,28?,29-/m0/s1/i13D2. The summed E-state index contributed by atoms with van der Waals surface area (Å²) < 4.78 is 111. The fourth-order valence-corrected chi connectivity index (χ4v) is 9.65. The number of aryl methyl sites for hydroxylation is 1. The molecule has 0 spiro atoms. The van der Waals surface area contributed by atoms with Gasteiger partial charge in [-0.1, -0.05) is 18.2 Å². The van der Waals surface area contributed by atoms with Gasteiger partial charge in [0.1, 0.15) is 16.3 Å². The number of ketones is 1. The number of halogens is 5. The number of benzene rings is 2. The van der Waals surface area contributed by atoms with E-state index in [0.717, 1.165) is 41.3 Å². The molecule has 3 aliphatic rings. The van der Waals surface area contributed by atoms with Gasteiger partial charge < -0.3 is 10.0 Å². The monoisotopic (exact) mass is 615 g/mol. The average molecular weight is 616 g/mol. The molecule has 1 saturated heterocycles. The maximum absolute atomic E-state index is 14.9. The van der Waals surface area contributed by atoms with Crippen LogP contribution in [0, 0.1) is 23.6 Å². The van der Waals surface area contributed by atoms with Crippen molar-refractivity contribution in [2.24, 2.45) is 17.8 Å². The third kappa shape index (κ3) is 4.84. The zero-order valence-corrected chi connectivity index (χ0v) is 23.6. The highest BCUT2D eigenvalue weighted by Gasteiger charge is 2.61. The number of sulfone groups is 1. The first-order valence-corrected chi connectivity index (χ1v) is 15.2. The fourth-order valence-electron chi connectivity index (χ4n) is 7.15. The lowest BCUT2D eigenvalue weighted by atomic mass is 9.71. The second-order valence-corrected chi connectivity index (χ2v) is 13.9. The number of likely N-dealkylation sites (tertiary alicyclic amines) is 1. The average Bonchev–Trinajstić information content (AvgIpc) is 3.48. The predicted molar refractivity (Wildman–Crippen MR) is 142 cm³/mol. The molecule has 1 N–H and O–H groups in total. The van der Waals surface area contributed by atoms with Crippen molar-refractivity contribution in [1.29, 1.82) is 0 Å². The summed E-state index contributed by atoms with van der Waals surface area (Å²) in [6, 6.07) is 7.50. The summed E-state index contributed by atoms with van der Waals surface area (Å²) in [4.78, 5) is 26.7. The Hall–Kier alpha value is -2.86. The fraction of sp³-hybridized carbons (Fsp3) is 0.533. The van der Waals surface area contributed by atoms with Gasteiger partial charge in [0.05, 0.1) is 14.2 Å². The van der Waals surface area contributed by atoms with E-state index in [1.54, 1.807) is 0 Å². The summed E-state index contributed by atoms with van der Waals surface area (Å²) in [5, 5.41) is 9.48. The van der Waals surface area contributed by atoms with Crippen LogP contribution in [0.1, 0.15) is 58.5 Å². The lowest BCUT2D eigenvalue weighted by Gasteiger charge is -2.43. The van der Waals surface area contributed by atoms with Crippen molar-refractivity contribution >= 4 is 21.5 Å². The quantitative estimate of drug-likeness (QED) is 0.333. The second kappa shape index (κ2) is 10.7. The maximum Gasteiger partial charge on any atom is 0.426 e. The van der Waals surface area contributed by atoms with E-state index in [-0.39, 0.29) is 66.9 Å². The number of carbonyl (C=O) groups excluding carboxylic acids is 2. The number of β-amino-alcohol motifs (C(OH)–C–C–N with tert-alkyl or cyclic N) is 1. The highest BCUT2D eigenvalue weighted by Crippen LogP contribution is 2.60. The molecule has 1 heterocycles. The normalized spacial score (nSPS) is 28.5. The van der Waals surface area contributed by atoms with E-state index in [1.165, 1.54) is 6.07 Å². The van der Waals surface area contributed by atoms with E-state index in [1.807, 2.05) is 0 Å². The SMILES string of the molecule is [2H]C([2H])(O)CN1C[C@@H](C(=O)C[C@@H]2CC[C@@]3(S(=O)(=O)c4ccc(F)cc4)c4ccc(C(C)(F)C(F)(F)F)cc4CC[C@@H]23)CC1=O. The van der Waals surface area contributed by atoms with Crippen LogP contribution < -0.4 is 0 Å². The molecule has 1 amide bonds. The Balaban J connectivity index is 1.51. The Kier molecular flexibility index (Phi) is 7.11. The van der Waals surface area contributed by atoms with E-state index >= 15 is 0 Å². The molecule has 1 saturated carbocycles. The van der Waals surface area contributed by atoms with Crippen LogP contribution in [0.4, 0.5) is 22.0 Å². The van der Waals surface area contributed by atoms with Gasteiger partial charge in [0.25, 0.3) is 0 Å². The Morgan fingerprint density at radius 1 is 1.14 bits per heavy atom. The highest BCUT2D eigenvalue weighted by molar-refractivity contribution is 7.92. The third-order valence-electron chi connectivity index (χ3n) is 9.41. The third-order valence-corrected chi connectivity index (χ3v) is 12.0. The van der Waals surface area contributed by atoms with Gasteiger partial charge in [-0.15, -0.1) is 0 Å². The van der Waals surface area contributed by atoms with Gasteiger partial charge in [-0.3, -0.25) is 9.59 Å². The van der Waals surface area contributed by atoms with Gasteiger partial charge in [0, 0.05) is 31.8 Å². The summed E-state index contributed by atoms with van der Waals surface area (Å²) in [5.74, 6) is -3.34. The molecular formula is C30H32F5NO5S. The summed E-state index contributed by atoms with van der Waals surface area (Å²) in [5.41, 5.74) is -3.82. The largest absolute Gasteiger partial charge is 0.426 e. The number of amides is 1. The molecule has 2 aromatic carbocycles. The van der Waals surface area contributed by atoms with Crippen LogP contribution in [-0.4, -0.2) is 55.9 Å². The van der Waals surface area contributed by atoms with Crippen molar-refractivity contribution in [3.63, 3.8) is 0 Å². The molecule has 1 unspecified atom stereocenters. The van der Waals surface area contributed by atoms with Crippen molar-refractivity contribution < 1.29 is 47.8 Å². The molecule has 2 aliphatic carbocycles. The second-order valence-electron chi connectivity index (χ2n) is 11.7. The topological polar surface area (TPSA) is 91.8 Å². The Bertz CT molecular complexity index is 1580. The molecule has 0 radical (unpaired) electrons. The summed E-state index contributed by atoms with van der Waals surface area (Å²) >= 11 is 0. The van der Waals surface area contributed by atoms with Crippen molar-refractivity contribution in [1.82, 2.24) is 4.90 Å². The Morgan fingerprint density at radius 3 is 2.48 bits per heavy atom. The van der Waals surface area contributed by atoms with E-state index in [9.17, 15) is 45.1 Å². The van der Waals surface area contributed by atoms with Crippen molar-refractivity contribution in [3.05, 3.63) is 65.0 Å². The molecule has 0 aromatic heterocycles. The summed E-state index contributed by atoms with van der Waals surface area (Å²) in [6.45, 7) is -2.90. The number of fused-ring (bicyclic) bond motifs is 3. The minimum absolute atomic E-state index is 0.0221. The molecule has 5 atom stereocenters. The van der Waals surface area contributed by atoms with E-state index in [0.29, 0.717) is 6.92 Å². The van der Waals surface area contributed by atoms with Gasteiger partial charge in [-0.05, 0) is 85.4 Å². The molecule has 0 bridgehead atoms. The minimum atomic E-state index is -5.20. The smallest absolute Gasteiger partial charge is 0.395 e. The van der Waals surface area contributed by atoms with Crippen molar-refractivity contribution in [2.45, 2.75) is 66.9 Å². The predicted octanol–water partition coefficient (Wildman–Crippen LogP) is 5.01. The summed E-state index contributed by atoms with van der Waals surface area (Å²) in [7, 11) is -4.32. The number of hydrogen-bond acceptors (Lipinski definition) is 5. The number of aliphatic hydroxyl groups is 1. The lowest BCUT2D eigenvalue weighted by Crippen LogP contribution is -2.45. The van der Waals surface area contributed by atoms with Crippen molar-refractivity contribution in [3.8, 4) is 0 Å². The lowest BCUT2D eigenvalue weighted by molar-refractivity contribution is -0.228.